The van der Waals surface area contributed by atoms with Gasteiger partial charge in [-0.2, -0.15) is 0 Å². The van der Waals surface area contributed by atoms with Gasteiger partial charge in [-0.1, -0.05) is 66.7 Å². The number of fused-ring (bicyclic) bond motifs is 1. The molecule has 0 radical (unpaired) electrons. The molecule has 2 aromatic heterocycles. The van der Waals surface area contributed by atoms with Crippen molar-refractivity contribution in [3.8, 4) is 11.3 Å². The van der Waals surface area contributed by atoms with E-state index in [9.17, 15) is 4.79 Å². The molecule has 0 aliphatic heterocycles. The average molecular weight is 493 g/mol. The van der Waals surface area contributed by atoms with Crippen molar-refractivity contribution in [2.45, 2.75) is 26.1 Å². The number of hydroxylamine groups is 1. The smallest absolute Gasteiger partial charge is 0.274 e. The van der Waals surface area contributed by atoms with Crippen LogP contribution in [-0.2, 0) is 13.1 Å². The van der Waals surface area contributed by atoms with Crippen molar-refractivity contribution in [3.63, 3.8) is 0 Å². The van der Waals surface area contributed by atoms with Gasteiger partial charge in [-0.05, 0) is 47.4 Å². The van der Waals surface area contributed by atoms with Crippen molar-refractivity contribution >= 4 is 22.8 Å². The molecule has 186 valence electrons. The molecule has 37 heavy (non-hydrogen) atoms. The van der Waals surface area contributed by atoms with Crippen LogP contribution in [0.3, 0.4) is 0 Å². The second kappa shape index (κ2) is 11.0. The molecule has 0 saturated carbocycles. The lowest BCUT2D eigenvalue weighted by Gasteiger charge is -2.15. The predicted molar refractivity (Wildman–Crippen MR) is 144 cm³/mol. The SMILES string of the molecule is C[C@@H](Nc1ncnc2[nH]c(-c3ccc(CNCc4ccc(C(=O)NO)cc4)cc3)cc12)c1ccccc1. The van der Waals surface area contributed by atoms with Crippen molar-refractivity contribution in [2.24, 2.45) is 0 Å². The van der Waals surface area contributed by atoms with Crippen molar-refractivity contribution in [1.82, 2.24) is 25.7 Å². The second-order valence-electron chi connectivity index (χ2n) is 8.88. The molecule has 0 saturated heterocycles. The number of amides is 1. The summed E-state index contributed by atoms with van der Waals surface area (Å²) in [6.45, 7) is 3.50. The molecular formula is C29H28N6O2. The summed E-state index contributed by atoms with van der Waals surface area (Å²) in [5.41, 5.74) is 8.31. The third kappa shape index (κ3) is 5.66. The Morgan fingerprint density at radius 1 is 0.919 bits per heavy atom. The molecule has 8 nitrogen and oxygen atoms in total. The standard InChI is InChI=1S/C29H28N6O2/c1-19(22-5-3-2-4-6-22)33-27-25-15-26(34-28(25)32-18-31-27)23-11-7-20(8-12-23)16-30-17-21-9-13-24(14-10-21)29(36)35-37/h2-15,18-19,30,37H,16-17H2,1H3,(H,35,36)(H2,31,32,33,34)/t19-/m1/s1. The normalized spacial score (nSPS) is 11.8. The summed E-state index contributed by atoms with van der Waals surface area (Å²) < 4.78 is 0. The first-order valence-corrected chi connectivity index (χ1v) is 12.1. The van der Waals surface area contributed by atoms with Gasteiger partial charge in [0.2, 0.25) is 0 Å². The Bertz CT molecular complexity index is 1480. The first kappa shape index (κ1) is 24.2. The summed E-state index contributed by atoms with van der Waals surface area (Å²) in [6, 6.07) is 28.0. The monoisotopic (exact) mass is 492 g/mol. The molecule has 0 bridgehead atoms. The minimum atomic E-state index is -0.518. The Labute approximate surface area is 214 Å². The zero-order valence-corrected chi connectivity index (χ0v) is 20.4. The van der Waals surface area contributed by atoms with E-state index in [-0.39, 0.29) is 6.04 Å². The van der Waals surface area contributed by atoms with Gasteiger partial charge in [-0.25, -0.2) is 15.4 Å². The number of nitrogens with one attached hydrogen (secondary N) is 4. The van der Waals surface area contributed by atoms with E-state index in [2.05, 4.69) is 75.0 Å². The fourth-order valence-corrected chi connectivity index (χ4v) is 4.23. The van der Waals surface area contributed by atoms with E-state index in [4.69, 9.17) is 5.21 Å². The minimum absolute atomic E-state index is 0.113. The number of anilines is 1. The van der Waals surface area contributed by atoms with Crippen LogP contribution in [0.25, 0.3) is 22.3 Å². The Morgan fingerprint density at radius 2 is 1.59 bits per heavy atom. The second-order valence-corrected chi connectivity index (χ2v) is 8.88. The molecule has 0 unspecified atom stereocenters. The van der Waals surface area contributed by atoms with Gasteiger partial charge in [0, 0.05) is 30.4 Å². The van der Waals surface area contributed by atoms with Crippen LogP contribution in [-0.4, -0.2) is 26.1 Å². The van der Waals surface area contributed by atoms with Crippen LogP contribution < -0.4 is 16.1 Å². The Hall–Kier alpha value is -4.53. The van der Waals surface area contributed by atoms with Crippen LogP contribution in [0.1, 0.15) is 40.0 Å². The summed E-state index contributed by atoms with van der Waals surface area (Å²) in [4.78, 5) is 23.8. The molecule has 0 aliphatic rings. The number of nitrogens with zero attached hydrogens (tertiary/aromatic N) is 2. The van der Waals surface area contributed by atoms with Crippen LogP contribution in [0.4, 0.5) is 5.82 Å². The Kier molecular flexibility index (Phi) is 7.21. The lowest BCUT2D eigenvalue weighted by molar-refractivity contribution is 0.0706. The van der Waals surface area contributed by atoms with Crippen LogP contribution in [0.2, 0.25) is 0 Å². The lowest BCUT2D eigenvalue weighted by atomic mass is 10.1. The minimum Gasteiger partial charge on any atom is -0.363 e. The molecule has 3 aromatic carbocycles. The zero-order valence-electron chi connectivity index (χ0n) is 20.4. The van der Waals surface area contributed by atoms with Crippen molar-refractivity contribution in [3.05, 3.63) is 114 Å². The summed E-state index contributed by atoms with van der Waals surface area (Å²) >= 11 is 0. The highest BCUT2D eigenvalue weighted by atomic mass is 16.5. The molecule has 0 fully saturated rings. The molecule has 8 heteroatoms. The molecular weight excluding hydrogens is 464 g/mol. The van der Waals surface area contributed by atoms with Gasteiger partial charge in [-0.3, -0.25) is 10.0 Å². The molecule has 5 N–H and O–H groups in total. The fourth-order valence-electron chi connectivity index (χ4n) is 4.23. The molecule has 5 aromatic rings. The van der Waals surface area contributed by atoms with Crippen molar-refractivity contribution in [1.29, 1.82) is 0 Å². The van der Waals surface area contributed by atoms with E-state index in [0.29, 0.717) is 18.7 Å². The highest BCUT2D eigenvalue weighted by molar-refractivity contribution is 5.93. The summed E-state index contributed by atoms with van der Waals surface area (Å²) in [6.07, 6.45) is 1.58. The van der Waals surface area contributed by atoms with Crippen LogP contribution in [0.5, 0.6) is 0 Å². The van der Waals surface area contributed by atoms with E-state index >= 15 is 0 Å². The molecule has 1 atom stereocenters. The third-order valence-corrected chi connectivity index (χ3v) is 6.32. The average Bonchev–Trinajstić information content (AvgIpc) is 3.39. The number of hydrogen-bond acceptors (Lipinski definition) is 6. The fraction of sp³-hybridized carbons (Fsp3) is 0.138. The number of carbonyl (C=O) groups excluding carboxylic acids is 1. The number of carbonyl (C=O) groups is 1. The Balaban J connectivity index is 1.23. The van der Waals surface area contributed by atoms with Gasteiger partial charge in [0.05, 0.1) is 5.39 Å². The number of hydrogen-bond donors (Lipinski definition) is 5. The van der Waals surface area contributed by atoms with Crippen molar-refractivity contribution < 1.29 is 10.0 Å². The molecule has 2 heterocycles. The highest BCUT2D eigenvalue weighted by Crippen LogP contribution is 2.29. The molecule has 1 amide bonds. The zero-order chi connectivity index (χ0) is 25.6. The van der Waals surface area contributed by atoms with Gasteiger partial charge >= 0.3 is 0 Å². The molecule has 5 rings (SSSR count). The summed E-state index contributed by atoms with van der Waals surface area (Å²) in [7, 11) is 0. The molecule has 0 spiro atoms. The lowest BCUT2D eigenvalue weighted by Crippen LogP contribution is -2.18. The van der Waals surface area contributed by atoms with E-state index < -0.39 is 5.91 Å². The first-order chi connectivity index (χ1) is 18.1. The van der Waals surface area contributed by atoms with E-state index in [1.165, 1.54) is 5.56 Å². The van der Waals surface area contributed by atoms with Gasteiger partial charge in [-0.15, -0.1) is 0 Å². The number of rotatable bonds is 9. The van der Waals surface area contributed by atoms with E-state index in [1.54, 1.807) is 23.9 Å². The number of aromatic nitrogens is 3. The summed E-state index contributed by atoms with van der Waals surface area (Å²) in [5, 5.41) is 16.6. The highest BCUT2D eigenvalue weighted by Gasteiger charge is 2.12. The molecule has 0 aliphatic carbocycles. The maximum atomic E-state index is 11.4. The van der Waals surface area contributed by atoms with Gasteiger partial charge in [0.1, 0.15) is 17.8 Å². The predicted octanol–water partition coefficient (Wildman–Crippen LogP) is 5.21. The Morgan fingerprint density at radius 3 is 2.27 bits per heavy atom. The number of aromatic amines is 1. The maximum absolute atomic E-state index is 11.4. The van der Waals surface area contributed by atoms with E-state index in [0.717, 1.165) is 39.2 Å². The quantitative estimate of drug-likeness (QED) is 0.143. The first-order valence-electron chi connectivity index (χ1n) is 12.1. The van der Waals surface area contributed by atoms with Gasteiger partial charge in [0.15, 0.2) is 0 Å². The number of H-pyrrole nitrogens is 1. The van der Waals surface area contributed by atoms with E-state index in [1.807, 2.05) is 30.3 Å². The van der Waals surface area contributed by atoms with Crippen LogP contribution >= 0.6 is 0 Å². The van der Waals surface area contributed by atoms with Crippen LogP contribution in [0, 0.1) is 0 Å². The van der Waals surface area contributed by atoms with Gasteiger partial charge in [0.25, 0.3) is 5.91 Å². The van der Waals surface area contributed by atoms with Crippen LogP contribution in [0.15, 0.2) is 91.3 Å². The largest absolute Gasteiger partial charge is 0.363 e. The third-order valence-electron chi connectivity index (χ3n) is 6.32. The maximum Gasteiger partial charge on any atom is 0.274 e. The summed E-state index contributed by atoms with van der Waals surface area (Å²) in [5.74, 6) is 0.283. The van der Waals surface area contributed by atoms with Crippen molar-refractivity contribution in [2.75, 3.05) is 5.32 Å². The number of benzene rings is 3. The topological polar surface area (TPSA) is 115 Å². The van der Waals surface area contributed by atoms with Gasteiger partial charge < -0.3 is 15.6 Å².